The maximum Gasteiger partial charge on any atom is 0.274 e. The van der Waals surface area contributed by atoms with Crippen molar-refractivity contribution in [2.45, 2.75) is 4.90 Å². The fourth-order valence-corrected chi connectivity index (χ4v) is 2.89. The molecule has 3 rings (SSSR count). The topological polar surface area (TPSA) is 95.1 Å². The van der Waals surface area contributed by atoms with Crippen molar-refractivity contribution in [3.8, 4) is 11.3 Å². The molecule has 0 spiro atoms. The minimum atomic E-state index is -3.80. The quantitative estimate of drug-likeness (QED) is 0.759. The molecule has 0 atom stereocenters. The molecule has 0 unspecified atom stereocenters. The van der Waals surface area contributed by atoms with Crippen molar-refractivity contribution in [3.63, 3.8) is 0 Å². The Labute approximate surface area is 139 Å². The largest absolute Gasteiger partial charge is 0.274 e. The van der Waals surface area contributed by atoms with E-state index in [1.54, 1.807) is 43.4 Å². The van der Waals surface area contributed by atoms with Gasteiger partial charge in [-0.05, 0) is 18.2 Å². The lowest BCUT2D eigenvalue weighted by Gasteiger charge is -2.09. The monoisotopic (exact) mass is 351 g/mol. The second-order valence-electron chi connectivity index (χ2n) is 4.90. The second kappa shape index (κ2) is 6.11. The molecule has 0 radical (unpaired) electrons. The third kappa shape index (κ3) is 3.12. The van der Waals surface area contributed by atoms with Gasteiger partial charge in [0.15, 0.2) is 0 Å². The van der Waals surface area contributed by atoms with Crippen molar-refractivity contribution in [2.24, 2.45) is 12.2 Å². The summed E-state index contributed by atoms with van der Waals surface area (Å²) in [7, 11) is -2.24. The van der Waals surface area contributed by atoms with Crippen LogP contribution < -0.4 is 10.7 Å². The van der Waals surface area contributed by atoms with E-state index in [1.165, 1.54) is 16.8 Å². The van der Waals surface area contributed by atoms with E-state index < -0.39 is 10.0 Å². The van der Waals surface area contributed by atoms with Crippen molar-refractivity contribution in [1.29, 1.82) is 0 Å². The maximum absolute atomic E-state index is 12.1. The predicted octanol–water partition coefficient (Wildman–Crippen LogP) is 1.67. The molecule has 23 heavy (non-hydrogen) atoms. The zero-order chi connectivity index (χ0) is 15.9. The minimum absolute atomic E-state index is 0. The van der Waals surface area contributed by atoms with Gasteiger partial charge in [-0.15, -0.1) is 12.4 Å². The molecule has 0 saturated carbocycles. The fraction of sp³-hybridized carbons (Fsp3) is 0.0667. The number of primary sulfonamides is 1. The van der Waals surface area contributed by atoms with Crippen molar-refractivity contribution >= 4 is 33.2 Å². The van der Waals surface area contributed by atoms with Gasteiger partial charge in [-0.25, -0.2) is 18.2 Å². The summed E-state index contributed by atoms with van der Waals surface area (Å²) in [6, 6.07) is 13.3. The Morgan fingerprint density at radius 2 is 1.70 bits per heavy atom. The summed E-state index contributed by atoms with van der Waals surface area (Å²) in [6.45, 7) is 0. The van der Waals surface area contributed by atoms with E-state index in [9.17, 15) is 13.2 Å². The molecule has 1 aromatic heterocycles. The van der Waals surface area contributed by atoms with Crippen LogP contribution in [0.5, 0.6) is 0 Å². The highest BCUT2D eigenvalue weighted by atomic mass is 35.5. The molecule has 120 valence electrons. The van der Waals surface area contributed by atoms with Crippen LogP contribution in [0.25, 0.3) is 22.0 Å². The Morgan fingerprint density at radius 3 is 2.35 bits per heavy atom. The number of halogens is 1. The number of nitrogens with two attached hydrogens (primary N) is 1. The number of fused-ring (bicyclic) bond motifs is 1. The smallest absolute Gasteiger partial charge is 0.267 e. The van der Waals surface area contributed by atoms with Crippen molar-refractivity contribution in [3.05, 3.63) is 58.9 Å². The first-order valence-corrected chi connectivity index (χ1v) is 8.02. The highest BCUT2D eigenvalue weighted by Crippen LogP contribution is 2.26. The van der Waals surface area contributed by atoms with Crippen LogP contribution >= 0.6 is 12.4 Å². The molecule has 0 aliphatic heterocycles. The molecule has 0 aliphatic carbocycles. The van der Waals surface area contributed by atoms with Gasteiger partial charge in [-0.1, -0.05) is 30.3 Å². The average Bonchev–Trinajstić information content (AvgIpc) is 2.50. The normalized spacial score (nSPS) is 11.2. The summed E-state index contributed by atoms with van der Waals surface area (Å²) >= 11 is 0. The Kier molecular flexibility index (Phi) is 4.56. The van der Waals surface area contributed by atoms with E-state index in [0.29, 0.717) is 22.0 Å². The molecule has 3 aromatic rings. The highest BCUT2D eigenvalue weighted by molar-refractivity contribution is 7.89. The van der Waals surface area contributed by atoms with Gasteiger partial charge in [0.1, 0.15) is 0 Å². The van der Waals surface area contributed by atoms with E-state index in [-0.39, 0.29) is 22.9 Å². The summed E-state index contributed by atoms with van der Waals surface area (Å²) in [5, 5.41) is 10.6. The zero-order valence-corrected chi connectivity index (χ0v) is 13.8. The lowest BCUT2D eigenvalue weighted by atomic mass is 10.1. The first-order chi connectivity index (χ1) is 10.4. The van der Waals surface area contributed by atoms with Gasteiger partial charge in [0.2, 0.25) is 10.0 Å². The number of rotatable bonds is 2. The zero-order valence-electron chi connectivity index (χ0n) is 12.1. The standard InChI is InChI=1S/C15H13N3O3S.ClH/c1-18-15(19)13-8-3-2-7-12(13)14(17-18)10-5-4-6-11(9-10)22(16,20)21;/h2-9H,1H3,(H2,16,20,21);1H. The summed E-state index contributed by atoms with van der Waals surface area (Å²) in [5.74, 6) is 0. The first-order valence-electron chi connectivity index (χ1n) is 6.47. The molecule has 0 bridgehead atoms. The number of aryl methyl sites for hydroxylation is 1. The summed E-state index contributed by atoms with van der Waals surface area (Å²) in [6.07, 6.45) is 0. The van der Waals surface area contributed by atoms with E-state index in [0.717, 1.165) is 0 Å². The Bertz CT molecular complexity index is 1050. The summed E-state index contributed by atoms with van der Waals surface area (Å²) < 4.78 is 24.2. The van der Waals surface area contributed by atoms with E-state index in [4.69, 9.17) is 5.14 Å². The van der Waals surface area contributed by atoms with E-state index in [1.807, 2.05) is 0 Å². The van der Waals surface area contributed by atoms with Crippen LogP contribution in [-0.4, -0.2) is 18.2 Å². The third-order valence-electron chi connectivity index (χ3n) is 3.39. The minimum Gasteiger partial charge on any atom is -0.267 e. The number of hydrogen-bond donors (Lipinski definition) is 1. The van der Waals surface area contributed by atoms with Gasteiger partial charge < -0.3 is 0 Å². The molecule has 1 heterocycles. The van der Waals surface area contributed by atoms with Crippen LogP contribution in [0.3, 0.4) is 0 Å². The van der Waals surface area contributed by atoms with Gasteiger partial charge >= 0.3 is 0 Å². The molecule has 2 N–H and O–H groups in total. The van der Waals surface area contributed by atoms with Gasteiger partial charge in [-0.3, -0.25) is 4.79 Å². The fourth-order valence-electron chi connectivity index (χ4n) is 2.33. The molecular formula is C15H14ClN3O3S. The van der Waals surface area contributed by atoms with Gasteiger partial charge in [0.25, 0.3) is 5.56 Å². The average molecular weight is 352 g/mol. The maximum atomic E-state index is 12.1. The molecular weight excluding hydrogens is 338 g/mol. The molecule has 8 heteroatoms. The molecule has 0 amide bonds. The van der Waals surface area contributed by atoms with Crippen molar-refractivity contribution in [1.82, 2.24) is 9.78 Å². The Hall–Kier alpha value is -2.22. The van der Waals surface area contributed by atoms with Crippen LogP contribution in [0, 0.1) is 0 Å². The molecule has 2 aromatic carbocycles. The number of sulfonamides is 1. The summed E-state index contributed by atoms with van der Waals surface area (Å²) in [4.78, 5) is 12.1. The lowest BCUT2D eigenvalue weighted by Crippen LogP contribution is -2.20. The predicted molar refractivity (Wildman–Crippen MR) is 91.0 cm³/mol. The Morgan fingerprint density at radius 1 is 1.04 bits per heavy atom. The van der Waals surface area contributed by atoms with Gasteiger partial charge in [0, 0.05) is 18.0 Å². The van der Waals surface area contributed by atoms with Crippen LogP contribution in [0.1, 0.15) is 0 Å². The first kappa shape index (κ1) is 17.1. The third-order valence-corrected chi connectivity index (χ3v) is 4.30. The van der Waals surface area contributed by atoms with Gasteiger partial charge in [0.05, 0.1) is 16.0 Å². The van der Waals surface area contributed by atoms with E-state index in [2.05, 4.69) is 5.10 Å². The van der Waals surface area contributed by atoms with E-state index >= 15 is 0 Å². The number of nitrogens with zero attached hydrogens (tertiary/aromatic N) is 2. The van der Waals surface area contributed by atoms with Crippen molar-refractivity contribution < 1.29 is 8.42 Å². The number of aromatic nitrogens is 2. The summed E-state index contributed by atoms with van der Waals surface area (Å²) in [5.41, 5.74) is 0.906. The SMILES string of the molecule is Cl.Cn1nc(-c2cccc(S(N)(=O)=O)c2)c2ccccc2c1=O. The Balaban J connectivity index is 0.00000192. The molecule has 0 fully saturated rings. The highest BCUT2D eigenvalue weighted by Gasteiger charge is 2.13. The number of hydrogen-bond acceptors (Lipinski definition) is 4. The van der Waals surface area contributed by atoms with Gasteiger partial charge in [-0.2, -0.15) is 5.10 Å². The molecule has 0 saturated heterocycles. The van der Waals surface area contributed by atoms with Crippen molar-refractivity contribution in [2.75, 3.05) is 0 Å². The van der Waals surface area contributed by atoms with Crippen LogP contribution in [0.15, 0.2) is 58.2 Å². The lowest BCUT2D eigenvalue weighted by molar-refractivity contribution is 0.598. The number of benzene rings is 2. The van der Waals surface area contributed by atoms with Crippen LogP contribution in [0.4, 0.5) is 0 Å². The molecule has 0 aliphatic rings. The van der Waals surface area contributed by atoms with Crippen LogP contribution in [0.2, 0.25) is 0 Å². The molecule has 6 nitrogen and oxygen atoms in total. The van der Waals surface area contributed by atoms with Crippen LogP contribution in [-0.2, 0) is 17.1 Å². The second-order valence-corrected chi connectivity index (χ2v) is 6.46.